The standard InChI is InChI=1S/C26H38O4S/c1-18(2)14-22(27)16-29-24-10-6-20(7-11-24)26(4,5)21-8-12-25(13-9-21)30-17-23(28)15-19(3)31/h6-13,18-19,22-23,27-28,31H,14-17H2,1-5H3. The van der Waals surface area contributed by atoms with E-state index in [4.69, 9.17) is 9.47 Å². The average molecular weight is 447 g/mol. The van der Waals surface area contributed by atoms with Gasteiger partial charge in [-0.15, -0.1) is 0 Å². The molecule has 2 aromatic carbocycles. The summed E-state index contributed by atoms with van der Waals surface area (Å²) in [5, 5.41) is 20.1. The van der Waals surface area contributed by atoms with Crippen LogP contribution in [0.3, 0.4) is 0 Å². The second kappa shape index (κ2) is 11.8. The van der Waals surface area contributed by atoms with E-state index in [1.165, 1.54) is 11.1 Å². The fraction of sp³-hybridized carbons (Fsp3) is 0.538. The van der Waals surface area contributed by atoms with Gasteiger partial charge in [0.25, 0.3) is 0 Å². The summed E-state index contributed by atoms with van der Waals surface area (Å²) in [5.41, 5.74) is 2.16. The van der Waals surface area contributed by atoms with Crippen LogP contribution in [0.4, 0.5) is 0 Å². The third-order valence-electron chi connectivity index (χ3n) is 5.39. The lowest BCUT2D eigenvalue weighted by Crippen LogP contribution is -2.21. The van der Waals surface area contributed by atoms with Gasteiger partial charge in [-0.3, -0.25) is 0 Å². The minimum atomic E-state index is -0.518. The molecule has 0 heterocycles. The van der Waals surface area contributed by atoms with Crippen molar-refractivity contribution in [3.8, 4) is 11.5 Å². The van der Waals surface area contributed by atoms with Crippen molar-refractivity contribution >= 4 is 12.6 Å². The number of benzene rings is 2. The van der Waals surface area contributed by atoms with Crippen LogP contribution >= 0.6 is 12.6 Å². The van der Waals surface area contributed by atoms with E-state index in [9.17, 15) is 10.2 Å². The number of rotatable bonds is 12. The van der Waals surface area contributed by atoms with Crippen LogP contribution < -0.4 is 9.47 Å². The first-order valence-electron chi connectivity index (χ1n) is 11.1. The fourth-order valence-corrected chi connectivity index (χ4v) is 3.80. The molecule has 0 saturated heterocycles. The summed E-state index contributed by atoms with van der Waals surface area (Å²) in [6.07, 6.45) is 0.373. The minimum Gasteiger partial charge on any atom is -0.491 e. The highest BCUT2D eigenvalue weighted by Crippen LogP contribution is 2.33. The van der Waals surface area contributed by atoms with Crippen molar-refractivity contribution in [1.82, 2.24) is 0 Å². The highest BCUT2D eigenvalue weighted by molar-refractivity contribution is 7.80. The molecule has 0 bridgehead atoms. The number of thiol groups is 1. The molecular weight excluding hydrogens is 408 g/mol. The van der Waals surface area contributed by atoms with E-state index in [1.807, 2.05) is 31.2 Å². The number of hydrogen-bond acceptors (Lipinski definition) is 5. The molecule has 0 aromatic heterocycles. The lowest BCUT2D eigenvalue weighted by molar-refractivity contribution is 0.0892. The zero-order valence-electron chi connectivity index (χ0n) is 19.4. The summed E-state index contributed by atoms with van der Waals surface area (Å²) in [6, 6.07) is 16.1. The lowest BCUT2D eigenvalue weighted by Gasteiger charge is -2.26. The number of ether oxygens (including phenoxy) is 2. The second-order valence-corrected chi connectivity index (χ2v) is 10.2. The number of aliphatic hydroxyl groups excluding tert-OH is 2. The average Bonchev–Trinajstić information content (AvgIpc) is 2.70. The smallest absolute Gasteiger partial charge is 0.119 e. The molecule has 3 atom stereocenters. The van der Waals surface area contributed by atoms with Gasteiger partial charge >= 0.3 is 0 Å². The Kier molecular flexibility index (Phi) is 9.73. The molecule has 2 aromatic rings. The molecule has 172 valence electrons. The molecule has 3 unspecified atom stereocenters. The molecular formula is C26H38O4S. The minimum absolute atomic E-state index is 0.142. The second-order valence-electron chi connectivity index (χ2n) is 9.32. The first-order valence-corrected chi connectivity index (χ1v) is 11.6. The van der Waals surface area contributed by atoms with Gasteiger partial charge in [-0.25, -0.2) is 0 Å². The van der Waals surface area contributed by atoms with Gasteiger partial charge in [-0.05, 0) is 54.2 Å². The van der Waals surface area contributed by atoms with Gasteiger partial charge in [0.15, 0.2) is 0 Å². The van der Waals surface area contributed by atoms with Crippen LogP contribution in [-0.2, 0) is 5.41 Å². The van der Waals surface area contributed by atoms with Gasteiger partial charge in [-0.1, -0.05) is 58.9 Å². The zero-order chi connectivity index (χ0) is 23.0. The van der Waals surface area contributed by atoms with Crippen molar-refractivity contribution in [2.75, 3.05) is 13.2 Å². The molecule has 0 saturated carbocycles. The Labute approximate surface area is 193 Å². The zero-order valence-corrected chi connectivity index (χ0v) is 20.3. The highest BCUT2D eigenvalue weighted by atomic mass is 32.1. The van der Waals surface area contributed by atoms with Crippen LogP contribution in [0.1, 0.15) is 58.6 Å². The van der Waals surface area contributed by atoms with E-state index in [0.717, 1.165) is 17.9 Å². The molecule has 0 aliphatic rings. The molecule has 2 rings (SSSR count). The lowest BCUT2D eigenvalue weighted by atomic mass is 9.78. The van der Waals surface area contributed by atoms with Crippen molar-refractivity contribution in [2.24, 2.45) is 5.92 Å². The monoisotopic (exact) mass is 446 g/mol. The predicted molar refractivity (Wildman–Crippen MR) is 131 cm³/mol. The first-order chi connectivity index (χ1) is 14.6. The van der Waals surface area contributed by atoms with Crippen LogP contribution in [0.25, 0.3) is 0 Å². The normalized spacial score (nSPS) is 14.9. The Hall–Kier alpha value is -1.69. The number of aliphatic hydroxyl groups is 2. The number of hydrogen-bond donors (Lipinski definition) is 3. The summed E-state index contributed by atoms with van der Waals surface area (Å²) in [7, 11) is 0. The quantitative estimate of drug-likeness (QED) is 0.390. The summed E-state index contributed by atoms with van der Waals surface area (Å²) in [4.78, 5) is 0. The molecule has 0 fully saturated rings. The molecule has 0 spiro atoms. The first kappa shape index (κ1) is 25.6. The van der Waals surface area contributed by atoms with Gasteiger partial charge in [0.2, 0.25) is 0 Å². The van der Waals surface area contributed by atoms with Crippen LogP contribution in [0.5, 0.6) is 11.5 Å². The third kappa shape index (κ3) is 8.40. The Morgan fingerprint density at radius 3 is 1.48 bits per heavy atom. The van der Waals surface area contributed by atoms with Crippen LogP contribution in [-0.4, -0.2) is 40.9 Å². The fourth-order valence-electron chi connectivity index (χ4n) is 3.56. The van der Waals surface area contributed by atoms with E-state index < -0.39 is 12.2 Å². The predicted octanol–water partition coefficient (Wildman–Crippen LogP) is 5.25. The van der Waals surface area contributed by atoms with Crippen molar-refractivity contribution in [3.05, 3.63) is 59.7 Å². The molecule has 0 aliphatic heterocycles. The molecule has 5 heteroatoms. The van der Waals surface area contributed by atoms with Gasteiger partial charge in [0.1, 0.15) is 24.7 Å². The molecule has 2 N–H and O–H groups in total. The van der Waals surface area contributed by atoms with E-state index in [1.54, 1.807) is 0 Å². The van der Waals surface area contributed by atoms with E-state index >= 15 is 0 Å². The Morgan fingerprint density at radius 2 is 1.13 bits per heavy atom. The molecule has 31 heavy (non-hydrogen) atoms. The maximum absolute atomic E-state index is 9.99. The van der Waals surface area contributed by atoms with Crippen LogP contribution in [0, 0.1) is 5.92 Å². The van der Waals surface area contributed by atoms with Crippen molar-refractivity contribution in [1.29, 1.82) is 0 Å². The maximum Gasteiger partial charge on any atom is 0.119 e. The van der Waals surface area contributed by atoms with Crippen molar-refractivity contribution in [3.63, 3.8) is 0 Å². The molecule has 0 aliphatic carbocycles. The van der Waals surface area contributed by atoms with Crippen LogP contribution in [0.2, 0.25) is 0 Å². The van der Waals surface area contributed by atoms with Crippen molar-refractivity contribution < 1.29 is 19.7 Å². The van der Waals surface area contributed by atoms with Crippen LogP contribution in [0.15, 0.2) is 48.5 Å². The Balaban J connectivity index is 1.96. The maximum atomic E-state index is 9.99. The largest absolute Gasteiger partial charge is 0.491 e. The van der Waals surface area contributed by atoms with E-state index in [0.29, 0.717) is 18.9 Å². The third-order valence-corrected chi connectivity index (χ3v) is 5.60. The topological polar surface area (TPSA) is 58.9 Å². The summed E-state index contributed by atoms with van der Waals surface area (Å²) >= 11 is 4.30. The highest BCUT2D eigenvalue weighted by Gasteiger charge is 2.23. The summed E-state index contributed by atoms with van der Waals surface area (Å²) in [6.45, 7) is 11.1. The van der Waals surface area contributed by atoms with E-state index in [2.05, 4.69) is 64.6 Å². The molecule has 4 nitrogen and oxygen atoms in total. The van der Waals surface area contributed by atoms with E-state index in [-0.39, 0.29) is 17.3 Å². The molecule has 0 amide bonds. The molecule has 0 radical (unpaired) electrons. The van der Waals surface area contributed by atoms with Crippen molar-refractivity contribution in [2.45, 2.75) is 70.3 Å². The van der Waals surface area contributed by atoms with Gasteiger partial charge < -0.3 is 19.7 Å². The summed E-state index contributed by atoms with van der Waals surface area (Å²) < 4.78 is 11.4. The summed E-state index contributed by atoms with van der Waals surface area (Å²) in [5.74, 6) is 1.95. The van der Waals surface area contributed by atoms with Gasteiger partial charge in [-0.2, -0.15) is 12.6 Å². The Morgan fingerprint density at radius 1 is 0.742 bits per heavy atom. The van der Waals surface area contributed by atoms with Gasteiger partial charge in [0, 0.05) is 10.7 Å². The Bertz CT molecular complexity index is 703. The SMILES string of the molecule is CC(C)CC(O)COc1ccc(C(C)(C)c2ccc(OCC(O)CC(C)S)cc2)cc1. The van der Waals surface area contributed by atoms with Gasteiger partial charge in [0.05, 0.1) is 12.2 Å².